The summed E-state index contributed by atoms with van der Waals surface area (Å²) in [7, 11) is 0. The first-order valence-corrected chi connectivity index (χ1v) is 4.19. The van der Waals surface area contributed by atoms with Crippen molar-refractivity contribution in [2.75, 3.05) is 0 Å². The number of carbonyl (C=O) groups is 2. The van der Waals surface area contributed by atoms with Gasteiger partial charge in [-0.2, -0.15) is 0 Å². The van der Waals surface area contributed by atoms with E-state index in [-0.39, 0.29) is 12.3 Å². The van der Waals surface area contributed by atoms with Crippen LogP contribution in [0.5, 0.6) is 0 Å². The lowest BCUT2D eigenvalue weighted by molar-refractivity contribution is -0.144. The van der Waals surface area contributed by atoms with Gasteiger partial charge in [0.1, 0.15) is 0 Å². The molecule has 2 unspecified atom stereocenters. The summed E-state index contributed by atoms with van der Waals surface area (Å²) in [5.41, 5.74) is 0. The van der Waals surface area contributed by atoms with Gasteiger partial charge in [-0.3, -0.25) is 4.79 Å². The van der Waals surface area contributed by atoms with Gasteiger partial charge < -0.3 is 15.5 Å². The molecule has 76 valence electrons. The second kappa shape index (κ2) is 5.53. The fraction of sp³-hybridized carbons (Fsp3) is 0.750. The molecule has 2 atom stereocenters. The van der Waals surface area contributed by atoms with Crippen molar-refractivity contribution in [1.82, 2.24) is 5.32 Å². The van der Waals surface area contributed by atoms with Gasteiger partial charge in [-0.25, -0.2) is 4.79 Å². The molecular formula is C8H15NO4. The van der Waals surface area contributed by atoms with Crippen LogP contribution in [0.4, 0.5) is 0 Å². The molecule has 0 rings (SSSR count). The van der Waals surface area contributed by atoms with Crippen LogP contribution in [0.15, 0.2) is 0 Å². The largest absolute Gasteiger partial charge is 0.480 e. The van der Waals surface area contributed by atoms with Crippen LogP contribution in [-0.4, -0.2) is 34.2 Å². The average Bonchev–Trinajstić information content (AvgIpc) is 1.99. The molecule has 1 amide bonds. The number of carbonyl (C=O) groups excluding carboxylic acids is 1. The van der Waals surface area contributed by atoms with Crippen molar-refractivity contribution in [2.45, 2.75) is 38.8 Å². The second-order valence-electron chi connectivity index (χ2n) is 2.87. The number of aliphatic carboxylic acids is 1. The van der Waals surface area contributed by atoms with E-state index >= 15 is 0 Å². The average molecular weight is 189 g/mol. The first-order valence-electron chi connectivity index (χ1n) is 4.19. The Morgan fingerprint density at radius 3 is 2.31 bits per heavy atom. The van der Waals surface area contributed by atoms with Gasteiger partial charge in [-0.1, -0.05) is 6.92 Å². The SMILES string of the molecule is CCCC(=O)NC(C(=O)O)C(C)O. The summed E-state index contributed by atoms with van der Waals surface area (Å²) in [6, 6.07) is -1.21. The summed E-state index contributed by atoms with van der Waals surface area (Å²) in [4.78, 5) is 21.5. The minimum Gasteiger partial charge on any atom is -0.480 e. The Labute approximate surface area is 76.8 Å². The molecule has 0 fully saturated rings. The Balaban J connectivity index is 4.10. The molecule has 5 nitrogen and oxygen atoms in total. The maximum absolute atomic E-state index is 11.0. The third-order valence-electron chi connectivity index (χ3n) is 1.54. The van der Waals surface area contributed by atoms with Gasteiger partial charge in [0.25, 0.3) is 0 Å². The van der Waals surface area contributed by atoms with Gasteiger partial charge in [0, 0.05) is 6.42 Å². The third-order valence-corrected chi connectivity index (χ3v) is 1.54. The molecule has 0 spiro atoms. The molecule has 0 aromatic rings. The van der Waals surface area contributed by atoms with E-state index in [2.05, 4.69) is 5.32 Å². The summed E-state index contributed by atoms with van der Waals surface area (Å²) in [5.74, 6) is -1.57. The van der Waals surface area contributed by atoms with E-state index in [0.717, 1.165) is 0 Å². The Hall–Kier alpha value is -1.10. The van der Waals surface area contributed by atoms with Crippen LogP contribution in [0, 0.1) is 0 Å². The molecular weight excluding hydrogens is 174 g/mol. The minimum absolute atomic E-state index is 0.274. The molecule has 0 saturated heterocycles. The highest BCUT2D eigenvalue weighted by Crippen LogP contribution is 1.95. The first-order chi connectivity index (χ1) is 5.99. The minimum atomic E-state index is -1.22. The number of amides is 1. The summed E-state index contributed by atoms with van der Waals surface area (Å²) < 4.78 is 0. The van der Waals surface area contributed by atoms with Gasteiger partial charge in [-0.05, 0) is 13.3 Å². The third kappa shape index (κ3) is 4.47. The zero-order valence-electron chi connectivity index (χ0n) is 7.78. The maximum atomic E-state index is 11.0. The van der Waals surface area contributed by atoms with E-state index in [1.807, 2.05) is 6.92 Å². The Kier molecular flexibility index (Phi) is 5.06. The van der Waals surface area contributed by atoms with Crippen molar-refractivity contribution < 1.29 is 19.8 Å². The molecule has 5 heteroatoms. The van der Waals surface area contributed by atoms with E-state index in [0.29, 0.717) is 6.42 Å². The molecule has 0 aromatic heterocycles. The van der Waals surface area contributed by atoms with Crippen LogP contribution < -0.4 is 5.32 Å². The zero-order valence-corrected chi connectivity index (χ0v) is 7.78. The van der Waals surface area contributed by atoms with Crippen LogP contribution in [0.1, 0.15) is 26.7 Å². The summed E-state index contributed by atoms with van der Waals surface area (Å²) >= 11 is 0. The number of rotatable bonds is 5. The molecule has 0 bridgehead atoms. The predicted molar refractivity (Wildman–Crippen MR) is 46.2 cm³/mol. The lowest BCUT2D eigenvalue weighted by atomic mass is 10.2. The standard InChI is InChI=1S/C8H15NO4/c1-3-4-6(11)9-7(5(2)10)8(12)13/h5,7,10H,3-4H2,1-2H3,(H,9,11)(H,12,13). The fourth-order valence-corrected chi connectivity index (χ4v) is 0.861. The number of aliphatic hydroxyl groups excluding tert-OH is 1. The fourth-order valence-electron chi connectivity index (χ4n) is 0.861. The van der Waals surface area contributed by atoms with Gasteiger partial charge in [0.2, 0.25) is 5.91 Å². The molecule has 3 N–H and O–H groups in total. The van der Waals surface area contributed by atoms with Crippen molar-refractivity contribution in [3.8, 4) is 0 Å². The number of carboxylic acid groups (broad SMARTS) is 1. The molecule has 0 aliphatic heterocycles. The van der Waals surface area contributed by atoms with E-state index in [9.17, 15) is 9.59 Å². The van der Waals surface area contributed by atoms with Crippen molar-refractivity contribution in [3.63, 3.8) is 0 Å². The van der Waals surface area contributed by atoms with Crippen LogP contribution in [0.25, 0.3) is 0 Å². The molecule has 0 aliphatic rings. The van der Waals surface area contributed by atoms with Gasteiger partial charge in [0.05, 0.1) is 6.10 Å². The number of hydrogen-bond acceptors (Lipinski definition) is 3. The first kappa shape index (κ1) is 11.9. The van der Waals surface area contributed by atoms with Crippen molar-refractivity contribution >= 4 is 11.9 Å². The van der Waals surface area contributed by atoms with E-state index in [1.165, 1.54) is 6.92 Å². The number of hydrogen-bond donors (Lipinski definition) is 3. The van der Waals surface area contributed by atoms with Crippen LogP contribution >= 0.6 is 0 Å². The highest BCUT2D eigenvalue weighted by Gasteiger charge is 2.24. The smallest absolute Gasteiger partial charge is 0.328 e. The summed E-state index contributed by atoms with van der Waals surface area (Å²) in [6.07, 6.45) is -0.160. The van der Waals surface area contributed by atoms with Crippen LogP contribution in [0.2, 0.25) is 0 Å². The lowest BCUT2D eigenvalue weighted by Crippen LogP contribution is -2.47. The zero-order chi connectivity index (χ0) is 10.4. The molecule has 0 saturated carbocycles. The molecule has 13 heavy (non-hydrogen) atoms. The van der Waals surface area contributed by atoms with Gasteiger partial charge in [-0.15, -0.1) is 0 Å². The van der Waals surface area contributed by atoms with Crippen LogP contribution in [-0.2, 0) is 9.59 Å². The predicted octanol–water partition coefficient (Wildman–Crippen LogP) is -0.263. The molecule has 0 aromatic carbocycles. The Morgan fingerprint density at radius 2 is 2.00 bits per heavy atom. The van der Waals surface area contributed by atoms with Crippen molar-refractivity contribution in [2.24, 2.45) is 0 Å². The number of carboxylic acids is 1. The highest BCUT2D eigenvalue weighted by molar-refractivity contribution is 5.83. The summed E-state index contributed by atoms with van der Waals surface area (Å²) in [5, 5.41) is 19.8. The number of aliphatic hydroxyl groups is 1. The van der Waals surface area contributed by atoms with Crippen molar-refractivity contribution in [3.05, 3.63) is 0 Å². The Morgan fingerprint density at radius 1 is 1.46 bits per heavy atom. The lowest BCUT2D eigenvalue weighted by Gasteiger charge is -2.16. The topological polar surface area (TPSA) is 86.6 Å². The number of nitrogens with one attached hydrogen (secondary N) is 1. The second-order valence-corrected chi connectivity index (χ2v) is 2.87. The highest BCUT2D eigenvalue weighted by atomic mass is 16.4. The van der Waals surface area contributed by atoms with Gasteiger partial charge in [0.15, 0.2) is 6.04 Å². The quantitative estimate of drug-likeness (QED) is 0.556. The Bertz CT molecular complexity index is 191. The van der Waals surface area contributed by atoms with Crippen LogP contribution in [0.3, 0.4) is 0 Å². The molecule has 0 radical (unpaired) electrons. The van der Waals surface area contributed by atoms with Gasteiger partial charge >= 0.3 is 5.97 Å². The maximum Gasteiger partial charge on any atom is 0.328 e. The van der Waals surface area contributed by atoms with E-state index in [1.54, 1.807) is 0 Å². The van der Waals surface area contributed by atoms with Crippen molar-refractivity contribution in [1.29, 1.82) is 0 Å². The van der Waals surface area contributed by atoms with E-state index in [4.69, 9.17) is 10.2 Å². The molecule has 0 aliphatic carbocycles. The van der Waals surface area contributed by atoms with E-state index < -0.39 is 18.1 Å². The summed E-state index contributed by atoms with van der Waals surface area (Å²) in [6.45, 7) is 3.14. The monoisotopic (exact) mass is 189 g/mol. The normalized spacial score (nSPS) is 14.7. The molecule has 0 heterocycles.